The van der Waals surface area contributed by atoms with Gasteiger partial charge in [0, 0.05) is 38.4 Å². The van der Waals surface area contributed by atoms with Crippen LogP contribution in [0.5, 0.6) is 0 Å². The third-order valence-corrected chi connectivity index (χ3v) is 7.60. The average Bonchev–Trinajstić information content (AvgIpc) is 3.14. The number of nitrogens with one attached hydrogen (secondary N) is 1. The number of carbonyl (C=O) groups excluding carboxylic acids is 1. The number of aryl methyl sites for hydroxylation is 2. The third kappa shape index (κ3) is 5.43. The normalized spacial score (nSPS) is 11.9. The number of imidazole rings is 1. The summed E-state index contributed by atoms with van der Waals surface area (Å²) >= 11 is 0. The van der Waals surface area contributed by atoms with Crippen LogP contribution in [0.4, 0.5) is 5.95 Å². The lowest BCUT2D eigenvalue weighted by molar-refractivity contribution is 0.102. The fraction of sp³-hybridized carbons (Fsp3) is 0.417. The first-order valence-corrected chi connectivity index (χ1v) is 12.7. The van der Waals surface area contributed by atoms with Crippen LogP contribution in [0.25, 0.3) is 11.0 Å². The van der Waals surface area contributed by atoms with Crippen molar-refractivity contribution in [2.45, 2.75) is 45.6 Å². The Kier molecular flexibility index (Phi) is 8.23. The van der Waals surface area contributed by atoms with E-state index in [0.29, 0.717) is 49.9 Å². The lowest BCUT2D eigenvalue weighted by Crippen LogP contribution is -2.31. The number of anilines is 1. The minimum Gasteiger partial charge on any atom is -0.382 e. The smallest absolute Gasteiger partial charge is 0.258 e. The third-order valence-electron chi connectivity index (χ3n) is 5.55. The van der Waals surface area contributed by atoms with Crippen molar-refractivity contribution in [1.82, 2.24) is 13.9 Å². The summed E-state index contributed by atoms with van der Waals surface area (Å²) in [4.78, 5) is 17.9. The van der Waals surface area contributed by atoms with Gasteiger partial charge in [0.15, 0.2) is 0 Å². The van der Waals surface area contributed by atoms with Crippen LogP contribution < -0.4 is 5.32 Å². The molecule has 0 saturated carbocycles. The van der Waals surface area contributed by atoms with Crippen LogP contribution >= 0.6 is 0 Å². The maximum atomic E-state index is 13.2. The fourth-order valence-corrected chi connectivity index (χ4v) is 5.24. The zero-order chi connectivity index (χ0) is 24.0. The van der Waals surface area contributed by atoms with Gasteiger partial charge in [-0.3, -0.25) is 10.1 Å². The number of aromatic nitrogens is 2. The molecule has 0 saturated heterocycles. The van der Waals surface area contributed by atoms with Crippen molar-refractivity contribution in [1.29, 1.82) is 0 Å². The maximum absolute atomic E-state index is 13.2. The van der Waals surface area contributed by atoms with Crippen LogP contribution in [0, 0.1) is 6.92 Å². The summed E-state index contributed by atoms with van der Waals surface area (Å²) in [5.74, 6) is 0.0274. The Balaban J connectivity index is 1.93. The number of carbonyl (C=O) groups is 1. The Morgan fingerprint density at radius 1 is 1.12 bits per heavy atom. The van der Waals surface area contributed by atoms with Crippen molar-refractivity contribution in [2.75, 3.05) is 31.6 Å². The highest BCUT2D eigenvalue weighted by molar-refractivity contribution is 7.89. The Bertz CT molecular complexity index is 1220. The van der Waals surface area contributed by atoms with Gasteiger partial charge >= 0.3 is 0 Å². The van der Waals surface area contributed by atoms with Crippen molar-refractivity contribution >= 4 is 32.9 Å². The highest BCUT2D eigenvalue weighted by Crippen LogP contribution is 2.23. The van der Waals surface area contributed by atoms with Crippen molar-refractivity contribution in [3.8, 4) is 0 Å². The zero-order valence-corrected chi connectivity index (χ0v) is 20.5. The lowest BCUT2D eigenvalue weighted by Gasteiger charge is -2.19. The lowest BCUT2D eigenvalue weighted by atomic mass is 10.1. The van der Waals surface area contributed by atoms with E-state index in [1.54, 1.807) is 32.9 Å². The van der Waals surface area contributed by atoms with Crippen LogP contribution in [-0.2, 0) is 21.3 Å². The molecule has 178 valence electrons. The SMILES string of the molecule is CCOCCCn1c(NC(=O)c2cc(S(=O)(=O)N(CC)CC)ccc2C)nc2ccccc21. The number of amides is 1. The second-order valence-corrected chi connectivity index (χ2v) is 9.58. The number of nitrogens with zero attached hydrogens (tertiary/aromatic N) is 3. The molecule has 2 aromatic carbocycles. The molecular formula is C24H32N4O4S. The average molecular weight is 473 g/mol. The quantitative estimate of drug-likeness (QED) is 0.425. The fourth-order valence-electron chi connectivity index (χ4n) is 3.75. The summed E-state index contributed by atoms with van der Waals surface area (Å²) in [5.41, 5.74) is 2.68. The molecule has 0 unspecified atom stereocenters. The standard InChI is InChI=1S/C24H32N4O4S/c1-5-27(6-2)33(30,31)19-14-13-18(4)20(17-19)23(29)26-24-25-21-11-8-9-12-22(21)28(24)15-10-16-32-7-3/h8-9,11-14,17H,5-7,10,15-16H2,1-4H3,(H,25,26,29). The van der Waals surface area contributed by atoms with E-state index in [9.17, 15) is 13.2 Å². The van der Waals surface area contributed by atoms with Gasteiger partial charge in [-0.1, -0.05) is 32.0 Å². The van der Waals surface area contributed by atoms with Crippen molar-refractivity contribution in [2.24, 2.45) is 0 Å². The highest BCUT2D eigenvalue weighted by atomic mass is 32.2. The minimum absolute atomic E-state index is 0.104. The number of ether oxygens (including phenoxy) is 1. The Morgan fingerprint density at radius 3 is 2.55 bits per heavy atom. The topological polar surface area (TPSA) is 93.5 Å². The van der Waals surface area contributed by atoms with Crippen molar-refractivity contribution in [3.05, 3.63) is 53.6 Å². The summed E-state index contributed by atoms with van der Waals surface area (Å²) in [7, 11) is -3.67. The number of benzene rings is 2. The number of hydrogen-bond donors (Lipinski definition) is 1. The molecule has 9 heteroatoms. The molecule has 1 N–H and O–H groups in total. The Morgan fingerprint density at radius 2 is 1.85 bits per heavy atom. The summed E-state index contributed by atoms with van der Waals surface area (Å²) in [6.07, 6.45) is 0.772. The van der Waals surface area contributed by atoms with Gasteiger partial charge in [0.05, 0.1) is 15.9 Å². The molecule has 0 radical (unpaired) electrons. The molecule has 0 atom stereocenters. The van der Waals surface area contributed by atoms with Crippen molar-refractivity contribution < 1.29 is 17.9 Å². The van der Waals surface area contributed by atoms with E-state index in [4.69, 9.17) is 4.74 Å². The number of hydrogen-bond acceptors (Lipinski definition) is 5. The maximum Gasteiger partial charge on any atom is 0.258 e. The first-order chi connectivity index (χ1) is 15.8. The van der Waals surface area contributed by atoms with Gasteiger partial charge in [-0.15, -0.1) is 0 Å². The summed E-state index contributed by atoms with van der Waals surface area (Å²) in [5, 5.41) is 2.90. The van der Waals surface area contributed by atoms with Gasteiger partial charge in [0.2, 0.25) is 16.0 Å². The van der Waals surface area contributed by atoms with E-state index >= 15 is 0 Å². The van der Waals surface area contributed by atoms with Crippen LogP contribution in [0.3, 0.4) is 0 Å². The molecule has 0 spiro atoms. The van der Waals surface area contributed by atoms with E-state index in [-0.39, 0.29) is 4.90 Å². The molecule has 8 nitrogen and oxygen atoms in total. The highest BCUT2D eigenvalue weighted by Gasteiger charge is 2.24. The van der Waals surface area contributed by atoms with Crippen LogP contribution in [-0.4, -0.2) is 54.5 Å². The van der Waals surface area contributed by atoms with E-state index in [2.05, 4.69) is 10.3 Å². The molecule has 3 rings (SSSR count). The molecule has 0 aliphatic heterocycles. The van der Waals surface area contributed by atoms with Gasteiger partial charge < -0.3 is 9.30 Å². The Hall–Kier alpha value is -2.75. The molecular weight excluding hydrogens is 440 g/mol. The Labute approximate surface area is 195 Å². The van der Waals surface area contributed by atoms with Gasteiger partial charge in [-0.05, 0) is 50.1 Å². The molecule has 1 aromatic heterocycles. The summed E-state index contributed by atoms with van der Waals surface area (Å²) in [6.45, 7) is 9.94. The number of fused-ring (bicyclic) bond motifs is 1. The van der Waals surface area contributed by atoms with Gasteiger partial charge in [0.1, 0.15) is 0 Å². The molecule has 1 heterocycles. The van der Waals surface area contributed by atoms with Gasteiger partial charge in [0.25, 0.3) is 5.91 Å². The second kappa shape index (κ2) is 10.9. The van der Waals surface area contributed by atoms with Crippen molar-refractivity contribution in [3.63, 3.8) is 0 Å². The van der Waals surface area contributed by atoms with Crippen LogP contribution in [0.2, 0.25) is 0 Å². The zero-order valence-electron chi connectivity index (χ0n) is 19.7. The van der Waals surface area contributed by atoms with E-state index in [0.717, 1.165) is 17.5 Å². The van der Waals surface area contributed by atoms with Crippen LogP contribution in [0.1, 0.15) is 43.1 Å². The van der Waals surface area contributed by atoms with E-state index in [1.165, 1.54) is 10.4 Å². The molecule has 0 fully saturated rings. The molecule has 0 aliphatic carbocycles. The summed E-state index contributed by atoms with van der Waals surface area (Å²) in [6, 6.07) is 12.3. The predicted octanol–water partition coefficient (Wildman–Crippen LogP) is 4.05. The minimum atomic E-state index is -3.67. The number of rotatable bonds is 11. The first kappa shape index (κ1) is 24.9. The van der Waals surface area contributed by atoms with Gasteiger partial charge in [-0.2, -0.15) is 4.31 Å². The van der Waals surface area contributed by atoms with Crippen LogP contribution in [0.15, 0.2) is 47.4 Å². The number of sulfonamides is 1. The molecule has 0 aliphatic rings. The first-order valence-electron chi connectivity index (χ1n) is 11.3. The number of para-hydroxylation sites is 2. The van der Waals surface area contributed by atoms with Gasteiger partial charge in [-0.25, -0.2) is 13.4 Å². The molecule has 1 amide bonds. The molecule has 0 bridgehead atoms. The molecule has 33 heavy (non-hydrogen) atoms. The second-order valence-electron chi connectivity index (χ2n) is 7.65. The monoisotopic (exact) mass is 472 g/mol. The van der Waals surface area contributed by atoms with E-state index < -0.39 is 15.9 Å². The summed E-state index contributed by atoms with van der Waals surface area (Å²) < 4.78 is 34.7. The largest absolute Gasteiger partial charge is 0.382 e. The molecule has 3 aromatic rings. The van der Waals surface area contributed by atoms with E-state index in [1.807, 2.05) is 35.8 Å². The predicted molar refractivity (Wildman–Crippen MR) is 130 cm³/mol.